The molecule has 0 aliphatic carbocycles. The number of hydrogen-bond donors (Lipinski definition) is 3. The van der Waals surface area contributed by atoms with E-state index < -0.39 is 11.2 Å². The summed E-state index contributed by atoms with van der Waals surface area (Å²) in [6.45, 7) is 1.58. The zero-order valence-corrected chi connectivity index (χ0v) is 6.97. The number of carboxylic acids is 1. The fourth-order valence-corrected chi connectivity index (χ4v) is 0.885. The summed E-state index contributed by atoms with van der Waals surface area (Å²) < 4.78 is 0. The van der Waals surface area contributed by atoms with E-state index in [1.165, 1.54) is 11.8 Å². The highest BCUT2D eigenvalue weighted by atomic mass is 32.2. The summed E-state index contributed by atoms with van der Waals surface area (Å²) >= 11 is 1.17. The summed E-state index contributed by atoms with van der Waals surface area (Å²) in [6.07, 6.45) is 0. The molecule has 0 rings (SSSR count). The monoisotopic (exact) mass is 177 g/mol. The molecule has 0 aromatic heterocycles. The average Bonchev–Trinajstić information content (AvgIpc) is 1.86. The SMILES string of the molecule is CC(SCN=C(N)N)C(=O)O. The number of nitrogens with two attached hydrogens (primary N) is 2. The molecular formula is C5H11N3O2S. The number of carbonyl (C=O) groups is 1. The van der Waals surface area contributed by atoms with Crippen molar-refractivity contribution in [2.45, 2.75) is 12.2 Å². The second-order valence-electron chi connectivity index (χ2n) is 1.86. The molecule has 0 spiro atoms. The molecule has 0 aliphatic heterocycles. The van der Waals surface area contributed by atoms with Gasteiger partial charge in [-0.25, -0.2) is 4.99 Å². The Morgan fingerprint density at radius 2 is 2.27 bits per heavy atom. The van der Waals surface area contributed by atoms with Gasteiger partial charge in [-0.05, 0) is 6.92 Å². The Morgan fingerprint density at radius 1 is 1.73 bits per heavy atom. The molecule has 5 nitrogen and oxygen atoms in total. The van der Waals surface area contributed by atoms with Gasteiger partial charge in [0.2, 0.25) is 0 Å². The van der Waals surface area contributed by atoms with E-state index in [0.29, 0.717) is 0 Å². The second kappa shape index (κ2) is 4.84. The number of thioether (sulfide) groups is 1. The minimum atomic E-state index is -0.860. The van der Waals surface area contributed by atoms with Crippen LogP contribution in [0.15, 0.2) is 4.99 Å². The van der Waals surface area contributed by atoms with Crippen LogP contribution >= 0.6 is 11.8 Å². The number of hydrogen-bond acceptors (Lipinski definition) is 3. The van der Waals surface area contributed by atoms with Crippen molar-refractivity contribution < 1.29 is 9.90 Å². The highest BCUT2D eigenvalue weighted by molar-refractivity contribution is 8.00. The summed E-state index contributed by atoms with van der Waals surface area (Å²) in [6, 6.07) is 0. The Labute approximate surface area is 68.9 Å². The standard InChI is InChI=1S/C5H11N3O2S/c1-3(4(9)10)11-2-8-5(6)7/h3H,2H2,1H3,(H,9,10)(H4,6,7,8). The highest BCUT2D eigenvalue weighted by Gasteiger charge is 2.09. The molecule has 0 heterocycles. The summed E-state index contributed by atoms with van der Waals surface area (Å²) in [5, 5.41) is 7.94. The van der Waals surface area contributed by atoms with E-state index in [0.717, 1.165) is 0 Å². The number of aliphatic imine (C=N–C) groups is 1. The van der Waals surface area contributed by atoms with Crippen LogP contribution in [0.5, 0.6) is 0 Å². The van der Waals surface area contributed by atoms with E-state index in [4.69, 9.17) is 16.6 Å². The first kappa shape index (κ1) is 10.1. The van der Waals surface area contributed by atoms with Gasteiger partial charge in [-0.2, -0.15) is 0 Å². The number of rotatable bonds is 4. The third-order valence-corrected chi connectivity index (χ3v) is 1.90. The van der Waals surface area contributed by atoms with Crippen LogP contribution in [0.4, 0.5) is 0 Å². The first-order valence-corrected chi connectivity index (χ1v) is 3.98. The number of guanidine groups is 1. The van der Waals surface area contributed by atoms with Gasteiger partial charge in [0.25, 0.3) is 0 Å². The highest BCUT2D eigenvalue weighted by Crippen LogP contribution is 2.09. The largest absolute Gasteiger partial charge is 0.480 e. The topological polar surface area (TPSA) is 102 Å². The quantitative estimate of drug-likeness (QED) is 0.394. The molecule has 11 heavy (non-hydrogen) atoms. The van der Waals surface area contributed by atoms with Gasteiger partial charge < -0.3 is 16.6 Å². The first-order valence-electron chi connectivity index (χ1n) is 2.94. The normalized spacial score (nSPS) is 12.1. The van der Waals surface area contributed by atoms with Gasteiger partial charge >= 0.3 is 5.97 Å². The van der Waals surface area contributed by atoms with Crippen molar-refractivity contribution in [1.29, 1.82) is 0 Å². The Kier molecular flexibility index (Phi) is 4.44. The molecule has 0 aromatic rings. The van der Waals surface area contributed by atoms with Crippen LogP contribution < -0.4 is 11.5 Å². The summed E-state index contributed by atoms with van der Waals surface area (Å²) in [7, 11) is 0. The summed E-state index contributed by atoms with van der Waals surface area (Å²) in [5.74, 6) is -0.591. The molecule has 1 unspecified atom stereocenters. The van der Waals surface area contributed by atoms with E-state index in [-0.39, 0.29) is 11.8 Å². The minimum absolute atomic E-state index is 0.0184. The number of aliphatic carboxylic acids is 1. The lowest BCUT2D eigenvalue weighted by molar-refractivity contribution is -0.136. The number of nitrogens with zero attached hydrogens (tertiary/aromatic N) is 1. The molecule has 5 N–H and O–H groups in total. The third-order valence-electron chi connectivity index (χ3n) is 0.919. The molecule has 1 atom stereocenters. The molecule has 0 saturated heterocycles. The van der Waals surface area contributed by atoms with Crippen molar-refractivity contribution in [2.24, 2.45) is 16.5 Å². The molecule has 64 valence electrons. The zero-order chi connectivity index (χ0) is 8.85. The van der Waals surface area contributed by atoms with Crippen molar-refractivity contribution in [3.05, 3.63) is 0 Å². The minimum Gasteiger partial charge on any atom is -0.480 e. The van der Waals surface area contributed by atoms with Gasteiger partial charge in [-0.3, -0.25) is 4.79 Å². The van der Waals surface area contributed by atoms with E-state index in [1.807, 2.05) is 0 Å². The molecule has 0 fully saturated rings. The molecule has 0 bridgehead atoms. The summed E-state index contributed by atoms with van der Waals surface area (Å²) in [4.78, 5) is 13.9. The van der Waals surface area contributed by atoms with Crippen LogP contribution in [0.1, 0.15) is 6.92 Å². The van der Waals surface area contributed by atoms with Gasteiger partial charge in [0.15, 0.2) is 5.96 Å². The van der Waals surface area contributed by atoms with Gasteiger partial charge in [-0.1, -0.05) is 0 Å². The Hall–Kier alpha value is -0.910. The fraction of sp³-hybridized carbons (Fsp3) is 0.600. The smallest absolute Gasteiger partial charge is 0.316 e. The predicted molar refractivity (Wildman–Crippen MR) is 45.4 cm³/mol. The molecule has 0 aromatic carbocycles. The van der Waals surface area contributed by atoms with Crippen molar-refractivity contribution in [3.63, 3.8) is 0 Å². The van der Waals surface area contributed by atoms with Crippen LogP contribution in [0.3, 0.4) is 0 Å². The molecule has 0 amide bonds. The second-order valence-corrected chi connectivity index (χ2v) is 3.16. The van der Waals surface area contributed by atoms with Crippen molar-refractivity contribution in [1.82, 2.24) is 0 Å². The van der Waals surface area contributed by atoms with E-state index in [1.54, 1.807) is 6.92 Å². The van der Waals surface area contributed by atoms with E-state index in [2.05, 4.69) is 4.99 Å². The van der Waals surface area contributed by atoms with Crippen LogP contribution in [0.2, 0.25) is 0 Å². The van der Waals surface area contributed by atoms with E-state index in [9.17, 15) is 4.79 Å². The van der Waals surface area contributed by atoms with Gasteiger partial charge in [-0.15, -0.1) is 11.8 Å². The zero-order valence-electron chi connectivity index (χ0n) is 6.15. The molecule has 0 saturated carbocycles. The molecule has 6 heteroatoms. The molecule has 0 radical (unpaired) electrons. The van der Waals surface area contributed by atoms with E-state index >= 15 is 0 Å². The fourth-order valence-electron chi connectivity index (χ4n) is 0.295. The van der Waals surface area contributed by atoms with Crippen LogP contribution in [0.25, 0.3) is 0 Å². The van der Waals surface area contributed by atoms with Crippen molar-refractivity contribution >= 4 is 23.7 Å². The lowest BCUT2D eigenvalue weighted by Gasteiger charge is -2.01. The van der Waals surface area contributed by atoms with Gasteiger partial charge in [0.1, 0.15) is 5.25 Å². The maximum atomic E-state index is 10.2. The molecular weight excluding hydrogens is 166 g/mol. The van der Waals surface area contributed by atoms with Crippen LogP contribution in [0, 0.1) is 0 Å². The molecule has 0 aliphatic rings. The number of carboxylic acid groups (broad SMARTS) is 1. The summed E-state index contributed by atoms with van der Waals surface area (Å²) in [5.41, 5.74) is 10.0. The average molecular weight is 177 g/mol. The van der Waals surface area contributed by atoms with Gasteiger partial charge in [0.05, 0.1) is 5.88 Å². The van der Waals surface area contributed by atoms with Crippen LogP contribution in [-0.2, 0) is 4.79 Å². The lowest BCUT2D eigenvalue weighted by Crippen LogP contribution is -2.23. The Morgan fingerprint density at radius 3 is 2.64 bits per heavy atom. The Bertz CT molecular complexity index is 167. The lowest BCUT2D eigenvalue weighted by atomic mass is 10.5. The first-order chi connectivity index (χ1) is 5.04. The maximum absolute atomic E-state index is 10.2. The van der Waals surface area contributed by atoms with Gasteiger partial charge in [0, 0.05) is 0 Å². The third kappa shape index (κ3) is 5.53. The van der Waals surface area contributed by atoms with Crippen LogP contribution in [-0.4, -0.2) is 28.2 Å². The predicted octanol–water partition coefficient (Wildman–Crippen LogP) is -0.576. The Balaban J connectivity index is 3.55. The maximum Gasteiger partial charge on any atom is 0.316 e. The van der Waals surface area contributed by atoms with Crippen molar-refractivity contribution in [3.8, 4) is 0 Å². The van der Waals surface area contributed by atoms with Crippen molar-refractivity contribution in [2.75, 3.05) is 5.88 Å².